The van der Waals surface area contributed by atoms with Crippen LogP contribution in [0.2, 0.25) is 0 Å². The van der Waals surface area contributed by atoms with Crippen molar-refractivity contribution < 1.29 is 22.2 Å². The summed E-state index contributed by atoms with van der Waals surface area (Å²) in [4.78, 5) is 23.4. The largest absolute Gasteiger partial charge is 0.379 e. The smallest absolute Gasteiger partial charge is 0.339 e. The number of amides is 2. The second kappa shape index (κ2) is 11.0. The number of hydrogen-bond acceptors (Lipinski definition) is 6. The van der Waals surface area contributed by atoms with Crippen LogP contribution in [0.3, 0.4) is 0 Å². The maximum atomic E-state index is 12.5. The molecule has 2 amide bonds. The maximum Gasteiger partial charge on any atom is 0.339 e. The summed E-state index contributed by atoms with van der Waals surface area (Å²) in [6.07, 6.45) is 1.39. The summed E-state index contributed by atoms with van der Waals surface area (Å²) in [6.45, 7) is 1.35. The van der Waals surface area contributed by atoms with Gasteiger partial charge in [-0.25, -0.2) is 0 Å². The minimum absolute atomic E-state index is 0.0601. The lowest BCUT2D eigenvalue weighted by Gasteiger charge is -2.08. The molecule has 3 aromatic carbocycles. The summed E-state index contributed by atoms with van der Waals surface area (Å²) in [7, 11) is -4.10. The first-order chi connectivity index (χ1) is 16.2. The molecule has 0 aromatic heterocycles. The third-order valence-corrected chi connectivity index (χ3v) is 6.31. The predicted octanol–water partition coefficient (Wildman–Crippen LogP) is 4.56. The molecule has 0 bridgehead atoms. The van der Waals surface area contributed by atoms with Crippen molar-refractivity contribution in [3.63, 3.8) is 0 Å². The second-order valence-corrected chi connectivity index (χ2v) is 9.73. The van der Waals surface area contributed by atoms with Crippen LogP contribution in [-0.2, 0) is 19.7 Å². The zero-order valence-electron chi connectivity index (χ0n) is 17.8. The highest BCUT2D eigenvalue weighted by molar-refractivity contribution is 14.1. The van der Waals surface area contributed by atoms with Crippen LogP contribution in [0.1, 0.15) is 12.5 Å². The number of nitrogens with one attached hydrogen (secondary N) is 2. The number of carbonyl (C=O) groups excluding carboxylic acids is 2. The van der Waals surface area contributed by atoms with Crippen LogP contribution < -0.4 is 14.8 Å². The molecule has 3 rings (SSSR count). The zero-order valence-corrected chi connectivity index (χ0v) is 20.8. The van der Waals surface area contributed by atoms with E-state index in [1.807, 2.05) is 18.2 Å². The van der Waals surface area contributed by atoms with E-state index in [2.05, 4.69) is 33.2 Å². The third-order valence-electron chi connectivity index (χ3n) is 4.33. The molecule has 0 atom stereocenters. The Labute approximate surface area is 210 Å². The van der Waals surface area contributed by atoms with Crippen molar-refractivity contribution in [1.82, 2.24) is 0 Å². The summed E-state index contributed by atoms with van der Waals surface area (Å²) < 4.78 is 31.2. The molecule has 0 aliphatic carbocycles. The number of halogens is 1. The van der Waals surface area contributed by atoms with E-state index < -0.39 is 16.0 Å². The predicted molar refractivity (Wildman–Crippen MR) is 136 cm³/mol. The van der Waals surface area contributed by atoms with Crippen molar-refractivity contribution in [3.05, 3.63) is 87.5 Å². The number of carbonyl (C=O) groups is 2. The molecule has 0 fully saturated rings. The normalized spacial score (nSPS) is 11.3. The van der Waals surface area contributed by atoms with Gasteiger partial charge in [-0.05, 0) is 94.9 Å². The quantitative estimate of drug-likeness (QED) is 0.181. The van der Waals surface area contributed by atoms with E-state index in [9.17, 15) is 23.3 Å². The van der Waals surface area contributed by atoms with Crippen molar-refractivity contribution in [2.24, 2.45) is 0 Å². The molecular formula is C24H18IN3O5S. The van der Waals surface area contributed by atoms with Crippen LogP contribution in [0.15, 0.2) is 83.3 Å². The van der Waals surface area contributed by atoms with E-state index in [1.54, 1.807) is 12.1 Å². The fourth-order valence-electron chi connectivity index (χ4n) is 2.75. The Balaban J connectivity index is 1.70. The Morgan fingerprint density at radius 1 is 0.912 bits per heavy atom. The monoisotopic (exact) mass is 587 g/mol. The highest BCUT2D eigenvalue weighted by Crippen LogP contribution is 2.22. The molecule has 0 aliphatic heterocycles. The Morgan fingerprint density at radius 3 is 2.03 bits per heavy atom. The molecule has 172 valence electrons. The van der Waals surface area contributed by atoms with Gasteiger partial charge in [-0.2, -0.15) is 13.7 Å². The standard InChI is InChI=1S/C24H18IN3O5S/c1-16(29)27-20-8-12-23(13-9-20)34(31,32)33-22-10-2-17(3-11-22)14-18(15-26)24(30)28-21-6-4-19(25)5-7-21/h2-14H,1H3,(H,27,29)(H,28,30)/b18-14+. The molecule has 2 N–H and O–H groups in total. The van der Waals surface area contributed by atoms with Crippen LogP contribution in [0.5, 0.6) is 5.75 Å². The SMILES string of the molecule is CC(=O)Nc1ccc(S(=O)(=O)Oc2ccc(/C=C(\C#N)C(=O)Nc3ccc(I)cc3)cc2)cc1. The highest BCUT2D eigenvalue weighted by Gasteiger charge is 2.17. The first kappa shape index (κ1) is 24.9. The summed E-state index contributed by atoms with van der Waals surface area (Å²) >= 11 is 2.15. The minimum atomic E-state index is -4.10. The van der Waals surface area contributed by atoms with Crippen LogP contribution in [0, 0.1) is 14.9 Å². The maximum absolute atomic E-state index is 12.5. The van der Waals surface area contributed by atoms with Crippen LogP contribution in [0.4, 0.5) is 11.4 Å². The first-order valence-electron chi connectivity index (χ1n) is 9.77. The van der Waals surface area contributed by atoms with E-state index in [1.165, 1.54) is 61.5 Å². The third kappa shape index (κ3) is 6.90. The minimum Gasteiger partial charge on any atom is -0.379 e. The van der Waals surface area contributed by atoms with Gasteiger partial charge in [0.1, 0.15) is 22.3 Å². The summed E-state index contributed by atoms with van der Waals surface area (Å²) in [5, 5.41) is 14.6. The van der Waals surface area contributed by atoms with Gasteiger partial charge in [0.25, 0.3) is 5.91 Å². The molecule has 0 aliphatic rings. The van der Waals surface area contributed by atoms with E-state index in [0.717, 1.165) is 3.57 Å². The molecule has 3 aromatic rings. The van der Waals surface area contributed by atoms with Crippen molar-refractivity contribution in [3.8, 4) is 11.8 Å². The topological polar surface area (TPSA) is 125 Å². The van der Waals surface area contributed by atoms with E-state index in [4.69, 9.17) is 4.18 Å². The summed E-state index contributed by atoms with van der Waals surface area (Å²) in [5.74, 6) is -0.771. The summed E-state index contributed by atoms with van der Waals surface area (Å²) in [6, 6.07) is 20.4. The van der Waals surface area contributed by atoms with Gasteiger partial charge < -0.3 is 14.8 Å². The number of hydrogen-bond donors (Lipinski definition) is 2. The van der Waals surface area contributed by atoms with Gasteiger partial charge in [0.15, 0.2) is 0 Å². The molecule has 0 radical (unpaired) electrons. The molecule has 8 nitrogen and oxygen atoms in total. The van der Waals surface area contributed by atoms with E-state index >= 15 is 0 Å². The van der Waals surface area contributed by atoms with Crippen molar-refractivity contribution in [2.75, 3.05) is 10.6 Å². The van der Waals surface area contributed by atoms with Crippen LogP contribution in [0.25, 0.3) is 6.08 Å². The van der Waals surface area contributed by atoms with Crippen LogP contribution >= 0.6 is 22.6 Å². The average molecular weight is 587 g/mol. The molecule has 34 heavy (non-hydrogen) atoms. The number of benzene rings is 3. The van der Waals surface area contributed by atoms with Gasteiger partial charge in [-0.1, -0.05) is 12.1 Å². The zero-order chi connectivity index (χ0) is 24.7. The van der Waals surface area contributed by atoms with E-state index in [0.29, 0.717) is 16.9 Å². The second-order valence-electron chi connectivity index (χ2n) is 6.94. The molecular weight excluding hydrogens is 569 g/mol. The van der Waals surface area contributed by atoms with Gasteiger partial charge in [-0.3, -0.25) is 9.59 Å². The fraction of sp³-hybridized carbons (Fsp3) is 0.0417. The lowest BCUT2D eigenvalue weighted by molar-refractivity contribution is -0.114. The number of rotatable bonds is 7. The van der Waals surface area contributed by atoms with Crippen molar-refractivity contribution in [2.45, 2.75) is 11.8 Å². The Bertz CT molecular complexity index is 1380. The van der Waals surface area contributed by atoms with Gasteiger partial charge in [0.2, 0.25) is 5.91 Å². The highest BCUT2D eigenvalue weighted by atomic mass is 127. The van der Waals surface area contributed by atoms with Gasteiger partial charge >= 0.3 is 10.1 Å². The average Bonchev–Trinajstić information content (AvgIpc) is 2.79. The van der Waals surface area contributed by atoms with Crippen molar-refractivity contribution >= 4 is 62.0 Å². The van der Waals surface area contributed by atoms with Gasteiger partial charge in [-0.15, -0.1) is 0 Å². The lowest BCUT2D eigenvalue weighted by atomic mass is 10.1. The lowest BCUT2D eigenvalue weighted by Crippen LogP contribution is -2.13. The Morgan fingerprint density at radius 2 is 1.47 bits per heavy atom. The van der Waals surface area contributed by atoms with Crippen LogP contribution in [-0.4, -0.2) is 20.2 Å². The summed E-state index contributed by atoms with van der Waals surface area (Å²) in [5.41, 5.74) is 1.42. The van der Waals surface area contributed by atoms with Gasteiger partial charge in [0, 0.05) is 21.9 Å². The fourth-order valence-corrected chi connectivity index (χ4v) is 4.04. The molecule has 0 heterocycles. The Kier molecular flexibility index (Phi) is 8.04. The molecule has 0 spiro atoms. The number of nitrogens with zero attached hydrogens (tertiary/aromatic N) is 1. The van der Waals surface area contributed by atoms with E-state index in [-0.39, 0.29) is 22.1 Å². The van der Waals surface area contributed by atoms with Crippen molar-refractivity contribution in [1.29, 1.82) is 5.26 Å². The number of nitriles is 1. The molecule has 10 heteroatoms. The molecule has 0 saturated carbocycles. The number of anilines is 2. The van der Waals surface area contributed by atoms with Gasteiger partial charge in [0.05, 0.1) is 0 Å². The first-order valence-corrected chi connectivity index (χ1v) is 12.3. The molecule has 0 unspecified atom stereocenters. The molecule has 0 saturated heterocycles. The Hall–Kier alpha value is -3.69.